The van der Waals surface area contributed by atoms with Crippen LogP contribution in [0.2, 0.25) is 0 Å². The minimum absolute atomic E-state index is 0.0255. The van der Waals surface area contributed by atoms with E-state index in [1.807, 2.05) is 20.8 Å². The van der Waals surface area contributed by atoms with Crippen LogP contribution in [-0.4, -0.2) is 36.4 Å². The molecule has 0 atom stereocenters. The molecule has 144 valence electrons. The van der Waals surface area contributed by atoms with Gasteiger partial charge in [-0.1, -0.05) is 20.8 Å². The number of ether oxygens (including phenoxy) is 2. The van der Waals surface area contributed by atoms with Gasteiger partial charge in [-0.2, -0.15) is 0 Å². The molecule has 0 heterocycles. The summed E-state index contributed by atoms with van der Waals surface area (Å²) in [6.07, 6.45) is 0. The maximum Gasteiger partial charge on any atom is 0.341 e. The first-order valence-corrected chi connectivity index (χ1v) is 8.39. The lowest BCUT2D eigenvalue weighted by Crippen LogP contribution is -2.14. The second kappa shape index (κ2) is 7.31. The van der Waals surface area contributed by atoms with E-state index in [-0.39, 0.29) is 22.6 Å². The molecule has 0 bridgehead atoms. The van der Waals surface area contributed by atoms with Gasteiger partial charge in [-0.25, -0.2) is 9.59 Å². The molecule has 0 saturated heterocycles. The van der Waals surface area contributed by atoms with Gasteiger partial charge >= 0.3 is 11.9 Å². The molecule has 0 aliphatic rings. The standard InChI is InChI=1S/C21H24O6/c1-11-7-12(8-14(17(11)22)19(24)26-5)13-9-15(20(25)27-6)18(23)16(10-13)21(2,3)4/h7-10,22-23H,1-6H3. The van der Waals surface area contributed by atoms with Crippen molar-refractivity contribution in [1.29, 1.82) is 0 Å². The molecule has 2 aromatic rings. The predicted octanol–water partition coefficient (Wildman–Crippen LogP) is 3.94. The molecule has 0 spiro atoms. The van der Waals surface area contributed by atoms with E-state index in [1.165, 1.54) is 26.4 Å². The Morgan fingerprint density at radius 2 is 1.26 bits per heavy atom. The third-order valence-corrected chi connectivity index (χ3v) is 4.36. The lowest BCUT2D eigenvalue weighted by Gasteiger charge is -2.23. The van der Waals surface area contributed by atoms with Crippen molar-refractivity contribution >= 4 is 11.9 Å². The van der Waals surface area contributed by atoms with Crippen molar-refractivity contribution in [2.45, 2.75) is 33.1 Å². The molecule has 0 saturated carbocycles. The zero-order chi connectivity index (χ0) is 20.5. The van der Waals surface area contributed by atoms with Crippen molar-refractivity contribution in [2.24, 2.45) is 0 Å². The summed E-state index contributed by atoms with van der Waals surface area (Å²) in [6, 6.07) is 6.45. The summed E-state index contributed by atoms with van der Waals surface area (Å²) in [6.45, 7) is 7.40. The van der Waals surface area contributed by atoms with Gasteiger partial charge in [0, 0.05) is 5.56 Å². The summed E-state index contributed by atoms with van der Waals surface area (Å²) in [5.74, 6) is -1.63. The number of hydrogen-bond acceptors (Lipinski definition) is 6. The molecular weight excluding hydrogens is 348 g/mol. The van der Waals surface area contributed by atoms with Crippen LogP contribution in [0, 0.1) is 6.92 Å². The second-order valence-electron chi connectivity index (χ2n) is 7.34. The number of carbonyl (C=O) groups excluding carboxylic acids is 2. The fraction of sp³-hybridized carbons (Fsp3) is 0.333. The largest absolute Gasteiger partial charge is 0.507 e. The average molecular weight is 372 g/mol. The SMILES string of the molecule is COC(=O)c1cc(-c2cc(C(=O)OC)c(O)c(C(C)(C)C)c2)cc(C)c1O. The minimum atomic E-state index is -0.666. The van der Waals surface area contributed by atoms with Crippen molar-refractivity contribution in [1.82, 2.24) is 0 Å². The van der Waals surface area contributed by atoms with Crippen LogP contribution in [0.15, 0.2) is 24.3 Å². The number of rotatable bonds is 3. The summed E-state index contributed by atoms with van der Waals surface area (Å²) < 4.78 is 9.51. The Morgan fingerprint density at radius 3 is 1.70 bits per heavy atom. The Morgan fingerprint density at radius 1 is 0.815 bits per heavy atom. The van der Waals surface area contributed by atoms with Crippen LogP contribution in [0.3, 0.4) is 0 Å². The molecule has 0 aromatic heterocycles. The fourth-order valence-corrected chi connectivity index (χ4v) is 2.85. The van der Waals surface area contributed by atoms with Crippen LogP contribution in [0.1, 0.15) is 52.6 Å². The lowest BCUT2D eigenvalue weighted by molar-refractivity contribution is 0.0587. The van der Waals surface area contributed by atoms with Gasteiger partial charge in [0.15, 0.2) is 0 Å². The number of hydrogen-bond donors (Lipinski definition) is 2. The van der Waals surface area contributed by atoms with E-state index in [9.17, 15) is 19.8 Å². The van der Waals surface area contributed by atoms with E-state index >= 15 is 0 Å². The van der Waals surface area contributed by atoms with Crippen LogP contribution >= 0.6 is 0 Å². The highest BCUT2D eigenvalue weighted by molar-refractivity contribution is 5.97. The first kappa shape index (κ1) is 20.3. The van der Waals surface area contributed by atoms with Crippen LogP contribution in [0.4, 0.5) is 0 Å². The quantitative estimate of drug-likeness (QED) is 0.793. The number of phenolic OH excluding ortho intramolecular Hbond substituents is 2. The van der Waals surface area contributed by atoms with Gasteiger partial charge < -0.3 is 19.7 Å². The van der Waals surface area contributed by atoms with E-state index in [2.05, 4.69) is 0 Å². The number of aryl methyl sites for hydroxylation is 1. The van der Waals surface area contributed by atoms with E-state index in [1.54, 1.807) is 19.1 Å². The normalized spacial score (nSPS) is 11.2. The smallest absolute Gasteiger partial charge is 0.341 e. The van der Waals surface area contributed by atoms with Crippen LogP contribution in [-0.2, 0) is 14.9 Å². The average Bonchev–Trinajstić information content (AvgIpc) is 2.61. The third-order valence-electron chi connectivity index (χ3n) is 4.36. The highest BCUT2D eigenvalue weighted by Crippen LogP contribution is 2.39. The number of aromatic hydroxyl groups is 2. The minimum Gasteiger partial charge on any atom is -0.507 e. The Kier molecular flexibility index (Phi) is 5.49. The van der Waals surface area contributed by atoms with Gasteiger partial charge in [0.2, 0.25) is 0 Å². The molecule has 2 rings (SSSR count). The molecule has 0 unspecified atom stereocenters. The Hall–Kier alpha value is -3.02. The van der Waals surface area contributed by atoms with E-state index in [0.717, 1.165) is 0 Å². The molecule has 0 fully saturated rings. The molecule has 6 heteroatoms. The maximum atomic E-state index is 12.1. The van der Waals surface area contributed by atoms with Gasteiger partial charge in [0.05, 0.1) is 14.2 Å². The van der Waals surface area contributed by atoms with Gasteiger partial charge in [-0.05, 0) is 53.3 Å². The summed E-state index contributed by atoms with van der Waals surface area (Å²) in [5.41, 5.74) is 1.86. The third kappa shape index (κ3) is 3.89. The summed E-state index contributed by atoms with van der Waals surface area (Å²) in [7, 11) is 2.47. The Balaban J connectivity index is 2.81. The molecular formula is C21H24O6. The number of benzene rings is 2. The predicted molar refractivity (Wildman–Crippen MR) is 101 cm³/mol. The molecule has 0 aliphatic heterocycles. The van der Waals surface area contributed by atoms with Crippen molar-refractivity contribution in [3.8, 4) is 22.6 Å². The number of carbonyl (C=O) groups is 2. The van der Waals surface area contributed by atoms with Crippen molar-refractivity contribution in [2.75, 3.05) is 14.2 Å². The van der Waals surface area contributed by atoms with Gasteiger partial charge in [0.25, 0.3) is 0 Å². The van der Waals surface area contributed by atoms with Gasteiger partial charge in [-0.3, -0.25) is 0 Å². The first-order valence-electron chi connectivity index (χ1n) is 8.39. The first-order chi connectivity index (χ1) is 12.5. The van der Waals surface area contributed by atoms with E-state index in [4.69, 9.17) is 9.47 Å². The molecule has 0 radical (unpaired) electrons. The fourth-order valence-electron chi connectivity index (χ4n) is 2.85. The van der Waals surface area contributed by atoms with Crippen molar-refractivity contribution in [3.05, 3.63) is 46.5 Å². The highest BCUT2D eigenvalue weighted by Gasteiger charge is 2.25. The molecule has 0 amide bonds. The second-order valence-corrected chi connectivity index (χ2v) is 7.34. The van der Waals surface area contributed by atoms with E-state index in [0.29, 0.717) is 22.3 Å². The molecule has 0 aliphatic carbocycles. The zero-order valence-electron chi connectivity index (χ0n) is 16.3. The molecule has 2 aromatic carbocycles. The molecule has 6 nitrogen and oxygen atoms in total. The molecule has 2 N–H and O–H groups in total. The van der Waals surface area contributed by atoms with Crippen molar-refractivity contribution in [3.63, 3.8) is 0 Å². The number of methoxy groups -OCH3 is 2. The highest BCUT2D eigenvalue weighted by atomic mass is 16.5. The van der Waals surface area contributed by atoms with E-state index < -0.39 is 17.4 Å². The monoisotopic (exact) mass is 372 g/mol. The van der Waals surface area contributed by atoms with Crippen LogP contribution in [0.25, 0.3) is 11.1 Å². The number of phenols is 2. The zero-order valence-corrected chi connectivity index (χ0v) is 16.3. The van der Waals surface area contributed by atoms with Crippen LogP contribution < -0.4 is 0 Å². The Labute approximate surface area is 158 Å². The van der Waals surface area contributed by atoms with Gasteiger partial charge in [-0.15, -0.1) is 0 Å². The van der Waals surface area contributed by atoms with Gasteiger partial charge in [0.1, 0.15) is 22.6 Å². The summed E-state index contributed by atoms with van der Waals surface area (Å²) >= 11 is 0. The molecule has 27 heavy (non-hydrogen) atoms. The number of esters is 2. The Bertz CT molecular complexity index is 906. The summed E-state index contributed by atoms with van der Waals surface area (Å²) in [4.78, 5) is 24.1. The van der Waals surface area contributed by atoms with Crippen LogP contribution in [0.5, 0.6) is 11.5 Å². The summed E-state index contributed by atoms with van der Waals surface area (Å²) in [5, 5.41) is 20.7. The maximum absolute atomic E-state index is 12.1. The van der Waals surface area contributed by atoms with Crippen molar-refractivity contribution < 1.29 is 29.3 Å². The lowest BCUT2D eigenvalue weighted by atomic mass is 9.83. The topological polar surface area (TPSA) is 93.1 Å².